The van der Waals surface area contributed by atoms with Crippen molar-refractivity contribution in [3.05, 3.63) is 5.01 Å². The lowest BCUT2D eigenvalue weighted by Crippen LogP contribution is -2.21. The minimum Gasteiger partial charge on any atom is -0.298 e. The number of piperidine rings is 1. The molecule has 3 rings (SSSR count). The average molecular weight is 211 g/mol. The van der Waals surface area contributed by atoms with Crippen LogP contribution in [0.3, 0.4) is 0 Å². The molecule has 14 heavy (non-hydrogen) atoms. The molecule has 1 aromatic rings. The molecule has 0 amide bonds. The van der Waals surface area contributed by atoms with Crippen molar-refractivity contribution in [1.29, 1.82) is 0 Å². The molecule has 0 radical (unpaired) electrons. The molecule has 2 heterocycles. The Morgan fingerprint density at radius 1 is 1.43 bits per heavy atom. The van der Waals surface area contributed by atoms with Gasteiger partial charge in [0.15, 0.2) is 0 Å². The summed E-state index contributed by atoms with van der Waals surface area (Å²) in [5, 5.41) is 9.74. The van der Waals surface area contributed by atoms with Crippen molar-refractivity contribution in [2.24, 2.45) is 17.7 Å². The fourth-order valence-corrected chi connectivity index (χ4v) is 2.88. The molecular formula is C8H13N5S. The minimum absolute atomic E-state index is 0.698. The second-order valence-corrected chi connectivity index (χ2v) is 5.16. The van der Waals surface area contributed by atoms with Gasteiger partial charge >= 0.3 is 0 Å². The molecule has 76 valence electrons. The summed E-state index contributed by atoms with van der Waals surface area (Å²) in [7, 11) is 0. The summed E-state index contributed by atoms with van der Waals surface area (Å²) in [5.41, 5.74) is 2.52. The van der Waals surface area contributed by atoms with Crippen LogP contribution in [0.2, 0.25) is 0 Å². The zero-order valence-corrected chi connectivity index (χ0v) is 8.63. The van der Waals surface area contributed by atoms with Crippen molar-refractivity contribution in [1.82, 2.24) is 15.1 Å². The van der Waals surface area contributed by atoms with Gasteiger partial charge in [-0.05, 0) is 18.3 Å². The lowest BCUT2D eigenvalue weighted by molar-refractivity contribution is 0.296. The SMILES string of the molecule is NNc1nnc(CN2CC3CC3C2)s1. The number of anilines is 1. The molecule has 2 unspecified atom stereocenters. The van der Waals surface area contributed by atoms with E-state index in [0.717, 1.165) is 23.4 Å². The van der Waals surface area contributed by atoms with Crippen LogP contribution in [0, 0.1) is 11.8 Å². The number of fused-ring (bicyclic) bond motifs is 1. The van der Waals surface area contributed by atoms with Crippen molar-refractivity contribution in [2.45, 2.75) is 13.0 Å². The lowest BCUT2D eigenvalue weighted by Gasteiger charge is -2.14. The van der Waals surface area contributed by atoms with Crippen LogP contribution in [0.15, 0.2) is 0 Å². The smallest absolute Gasteiger partial charge is 0.219 e. The van der Waals surface area contributed by atoms with E-state index in [1.165, 1.54) is 30.8 Å². The molecular weight excluding hydrogens is 198 g/mol. The lowest BCUT2D eigenvalue weighted by atomic mass is 10.4. The monoisotopic (exact) mass is 211 g/mol. The van der Waals surface area contributed by atoms with Crippen LogP contribution in [-0.2, 0) is 6.54 Å². The number of nitrogen functional groups attached to an aromatic ring is 1. The van der Waals surface area contributed by atoms with Crippen molar-refractivity contribution in [2.75, 3.05) is 18.5 Å². The van der Waals surface area contributed by atoms with Gasteiger partial charge < -0.3 is 0 Å². The van der Waals surface area contributed by atoms with Crippen LogP contribution < -0.4 is 11.3 Å². The Morgan fingerprint density at radius 3 is 2.86 bits per heavy atom. The Balaban J connectivity index is 1.61. The van der Waals surface area contributed by atoms with Gasteiger partial charge in [-0.25, -0.2) is 5.84 Å². The van der Waals surface area contributed by atoms with E-state index in [4.69, 9.17) is 5.84 Å². The Labute approximate surface area is 86.3 Å². The molecule has 1 aliphatic carbocycles. The highest BCUT2D eigenvalue weighted by molar-refractivity contribution is 7.15. The number of hydrogen-bond donors (Lipinski definition) is 2. The van der Waals surface area contributed by atoms with Crippen LogP contribution in [-0.4, -0.2) is 28.2 Å². The third-order valence-corrected chi connectivity index (χ3v) is 3.84. The van der Waals surface area contributed by atoms with Gasteiger partial charge in [-0.2, -0.15) is 0 Å². The van der Waals surface area contributed by atoms with E-state index in [1.54, 1.807) is 0 Å². The van der Waals surface area contributed by atoms with Gasteiger partial charge in [-0.15, -0.1) is 10.2 Å². The largest absolute Gasteiger partial charge is 0.298 e. The van der Waals surface area contributed by atoms with E-state index in [-0.39, 0.29) is 0 Å². The molecule has 0 aromatic carbocycles. The van der Waals surface area contributed by atoms with Crippen molar-refractivity contribution in [3.8, 4) is 0 Å². The van der Waals surface area contributed by atoms with Gasteiger partial charge in [0, 0.05) is 13.1 Å². The highest BCUT2D eigenvalue weighted by Gasteiger charge is 2.44. The molecule has 0 bridgehead atoms. The fourth-order valence-electron chi connectivity index (χ4n) is 2.19. The average Bonchev–Trinajstić information content (AvgIpc) is 2.66. The number of likely N-dealkylation sites (tertiary alicyclic amines) is 1. The van der Waals surface area contributed by atoms with Crippen LogP contribution in [0.25, 0.3) is 0 Å². The molecule has 6 heteroatoms. The van der Waals surface area contributed by atoms with E-state index < -0.39 is 0 Å². The Bertz CT molecular complexity index is 328. The van der Waals surface area contributed by atoms with Gasteiger partial charge in [0.1, 0.15) is 5.01 Å². The van der Waals surface area contributed by atoms with Crippen molar-refractivity contribution in [3.63, 3.8) is 0 Å². The van der Waals surface area contributed by atoms with Gasteiger partial charge in [0.2, 0.25) is 5.13 Å². The topological polar surface area (TPSA) is 67.1 Å². The van der Waals surface area contributed by atoms with E-state index >= 15 is 0 Å². The summed E-state index contributed by atoms with van der Waals surface area (Å²) >= 11 is 1.54. The number of rotatable bonds is 3. The highest BCUT2D eigenvalue weighted by atomic mass is 32.1. The third kappa shape index (κ3) is 1.49. The Morgan fingerprint density at radius 2 is 2.21 bits per heavy atom. The molecule has 2 aliphatic rings. The summed E-state index contributed by atoms with van der Waals surface area (Å²) in [6.07, 6.45) is 1.45. The molecule has 0 spiro atoms. The van der Waals surface area contributed by atoms with Gasteiger partial charge in [0.05, 0.1) is 6.54 Å². The van der Waals surface area contributed by atoms with Crippen molar-refractivity contribution < 1.29 is 0 Å². The van der Waals surface area contributed by atoms with Crippen LogP contribution >= 0.6 is 11.3 Å². The Kier molecular flexibility index (Phi) is 1.93. The number of aromatic nitrogens is 2. The normalized spacial score (nSPS) is 30.4. The number of hydrogen-bond acceptors (Lipinski definition) is 6. The molecule has 1 aromatic heterocycles. The summed E-state index contributed by atoms with van der Waals surface area (Å²) in [5.74, 6) is 7.21. The Hall–Kier alpha value is -0.720. The molecule has 5 nitrogen and oxygen atoms in total. The first-order chi connectivity index (χ1) is 6.85. The minimum atomic E-state index is 0.698. The predicted molar refractivity (Wildman–Crippen MR) is 54.6 cm³/mol. The van der Waals surface area contributed by atoms with Gasteiger partial charge in [-0.3, -0.25) is 10.3 Å². The van der Waals surface area contributed by atoms with E-state index in [1.807, 2.05) is 0 Å². The first-order valence-electron chi connectivity index (χ1n) is 4.86. The summed E-state index contributed by atoms with van der Waals surface area (Å²) in [6, 6.07) is 0. The van der Waals surface area contributed by atoms with E-state index in [2.05, 4.69) is 20.5 Å². The van der Waals surface area contributed by atoms with Crippen LogP contribution in [0.1, 0.15) is 11.4 Å². The first-order valence-corrected chi connectivity index (χ1v) is 5.68. The molecule has 2 fully saturated rings. The zero-order chi connectivity index (χ0) is 9.54. The molecule has 1 aliphatic heterocycles. The standard InChI is InChI=1S/C8H13N5S/c9-10-8-12-11-7(14-8)4-13-2-5-1-6(5)3-13/h5-6H,1-4,9H2,(H,10,12). The van der Waals surface area contributed by atoms with Gasteiger partial charge in [-0.1, -0.05) is 11.3 Å². The van der Waals surface area contributed by atoms with E-state index in [9.17, 15) is 0 Å². The molecule has 3 N–H and O–H groups in total. The molecule has 1 saturated carbocycles. The van der Waals surface area contributed by atoms with Crippen molar-refractivity contribution >= 4 is 16.5 Å². The quantitative estimate of drug-likeness (QED) is 0.555. The number of nitrogens with zero attached hydrogens (tertiary/aromatic N) is 3. The molecule has 2 atom stereocenters. The number of hydrazine groups is 1. The van der Waals surface area contributed by atoms with Gasteiger partial charge in [0.25, 0.3) is 0 Å². The maximum Gasteiger partial charge on any atom is 0.219 e. The summed E-state index contributed by atoms with van der Waals surface area (Å²) < 4.78 is 0. The second kappa shape index (κ2) is 3.15. The summed E-state index contributed by atoms with van der Waals surface area (Å²) in [4.78, 5) is 2.46. The fraction of sp³-hybridized carbons (Fsp3) is 0.750. The third-order valence-electron chi connectivity index (χ3n) is 3.00. The summed E-state index contributed by atoms with van der Waals surface area (Å²) in [6.45, 7) is 3.43. The first kappa shape index (κ1) is 8.58. The number of nitrogens with one attached hydrogen (secondary N) is 1. The van der Waals surface area contributed by atoms with Crippen LogP contribution in [0.4, 0.5) is 5.13 Å². The van der Waals surface area contributed by atoms with Crippen LogP contribution in [0.5, 0.6) is 0 Å². The maximum absolute atomic E-state index is 5.24. The molecule has 1 saturated heterocycles. The maximum atomic E-state index is 5.24. The second-order valence-electron chi connectivity index (χ2n) is 4.10. The zero-order valence-electron chi connectivity index (χ0n) is 7.81. The van der Waals surface area contributed by atoms with E-state index in [0.29, 0.717) is 5.13 Å². The predicted octanol–water partition coefficient (Wildman–Crippen LogP) is 0.275. The number of nitrogens with two attached hydrogens (primary N) is 1. The highest BCUT2D eigenvalue weighted by Crippen LogP contribution is 2.45.